The highest BCUT2D eigenvalue weighted by atomic mass is 16.7. The van der Waals surface area contributed by atoms with E-state index in [-0.39, 0.29) is 16.8 Å². The second kappa shape index (κ2) is 8.65. The largest absolute Gasteiger partial charge is 0.486 e. The van der Waals surface area contributed by atoms with Crippen LogP contribution in [-0.2, 0) is 4.74 Å². The van der Waals surface area contributed by atoms with Crippen LogP contribution in [0.15, 0.2) is 51.9 Å². The van der Waals surface area contributed by atoms with Crippen LogP contribution in [0.4, 0.5) is 0 Å². The third-order valence-corrected chi connectivity index (χ3v) is 5.70. The van der Waals surface area contributed by atoms with Gasteiger partial charge in [0.05, 0.1) is 17.6 Å². The first kappa shape index (κ1) is 21.7. The van der Waals surface area contributed by atoms with Crippen LogP contribution < -0.4 is 19.6 Å². The summed E-state index contributed by atoms with van der Waals surface area (Å²) in [6.45, 7) is 0.331. The van der Waals surface area contributed by atoms with Gasteiger partial charge in [-0.3, -0.25) is 4.79 Å². The van der Waals surface area contributed by atoms with Crippen molar-refractivity contribution < 1.29 is 43.8 Å². The fourth-order valence-electron chi connectivity index (χ4n) is 3.89. The van der Waals surface area contributed by atoms with Gasteiger partial charge in [0.15, 0.2) is 16.9 Å². The van der Waals surface area contributed by atoms with E-state index in [9.17, 15) is 25.2 Å². The molecule has 2 aromatic carbocycles. The Balaban J connectivity index is 1.42. The molecule has 1 saturated heterocycles. The van der Waals surface area contributed by atoms with E-state index < -0.39 is 37.3 Å². The zero-order valence-electron chi connectivity index (χ0n) is 17.3. The molecule has 0 amide bonds. The van der Waals surface area contributed by atoms with Gasteiger partial charge in [-0.15, -0.1) is 0 Å². The van der Waals surface area contributed by atoms with Crippen molar-refractivity contribution in [2.24, 2.45) is 0 Å². The van der Waals surface area contributed by atoms with Crippen molar-refractivity contribution in [2.45, 2.75) is 30.7 Å². The van der Waals surface area contributed by atoms with Crippen molar-refractivity contribution in [3.05, 3.63) is 52.9 Å². The number of fused-ring (bicyclic) bond motifs is 2. The van der Waals surface area contributed by atoms with Crippen LogP contribution in [0.5, 0.6) is 17.2 Å². The molecule has 0 unspecified atom stereocenters. The van der Waals surface area contributed by atoms with Crippen molar-refractivity contribution >= 4 is 11.0 Å². The molecule has 3 aromatic rings. The molecule has 0 bridgehead atoms. The van der Waals surface area contributed by atoms with E-state index in [4.69, 9.17) is 23.4 Å². The first-order valence-corrected chi connectivity index (χ1v) is 10.4. The molecule has 4 N–H and O–H groups in total. The summed E-state index contributed by atoms with van der Waals surface area (Å²) < 4.78 is 27.7. The van der Waals surface area contributed by atoms with Gasteiger partial charge in [0, 0.05) is 6.07 Å². The molecule has 2 aliphatic rings. The fraction of sp³-hybridized carbons (Fsp3) is 0.348. The first-order valence-electron chi connectivity index (χ1n) is 10.4. The van der Waals surface area contributed by atoms with Crippen LogP contribution in [0.25, 0.3) is 22.1 Å². The highest BCUT2D eigenvalue weighted by Gasteiger charge is 2.44. The normalized spacial score (nSPS) is 26.8. The van der Waals surface area contributed by atoms with Crippen molar-refractivity contribution in [1.29, 1.82) is 0 Å². The number of hydrogen-bond acceptors (Lipinski definition) is 10. The van der Waals surface area contributed by atoms with Crippen molar-refractivity contribution in [3.63, 3.8) is 0 Å². The van der Waals surface area contributed by atoms with Crippen LogP contribution >= 0.6 is 0 Å². The van der Waals surface area contributed by atoms with Gasteiger partial charge in [0.2, 0.25) is 6.29 Å². The summed E-state index contributed by atoms with van der Waals surface area (Å²) >= 11 is 0. The molecule has 0 aliphatic carbocycles. The maximum Gasteiger partial charge on any atom is 0.229 e. The Kier molecular flexibility index (Phi) is 5.69. The van der Waals surface area contributed by atoms with Crippen molar-refractivity contribution in [2.75, 3.05) is 19.8 Å². The lowest BCUT2D eigenvalue weighted by Crippen LogP contribution is -2.60. The summed E-state index contributed by atoms with van der Waals surface area (Å²) in [6.07, 6.45) is -5.70. The van der Waals surface area contributed by atoms with Gasteiger partial charge < -0.3 is 43.8 Å². The molecule has 0 saturated carbocycles. The minimum atomic E-state index is -1.56. The van der Waals surface area contributed by atoms with E-state index >= 15 is 0 Å². The van der Waals surface area contributed by atoms with Crippen LogP contribution in [0, 0.1) is 0 Å². The smallest absolute Gasteiger partial charge is 0.229 e. The minimum Gasteiger partial charge on any atom is -0.486 e. The molecule has 0 spiro atoms. The summed E-state index contributed by atoms with van der Waals surface area (Å²) in [4.78, 5) is 13.1. The second-order valence-corrected chi connectivity index (χ2v) is 7.81. The van der Waals surface area contributed by atoms with Gasteiger partial charge in [-0.25, -0.2) is 0 Å². The Hall–Kier alpha value is -3.15. The second-order valence-electron chi connectivity index (χ2n) is 7.81. The number of hydrogen-bond donors (Lipinski definition) is 4. The topological polar surface area (TPSA) is 148 Å². The highest BCUT2D eigenvalue weighted by molar-refractivity contribution is 5.83. The van der Waals surface area contributed by atoms with Gasteiger partial charge in [-0.2, -0.15) is 0 Å². The molecule has 5 rings (SSSR count). The Labute approximate surface area is 187 Å². The molecule has 5 atom stereocenters. The molecule has 3 heterocycles. The Morgan fingerprint density at radius 2 is 1.73 bits per heavy atom. The van der Waals surface area contributed by atoms with E-state index in [1.165, 1.54) is 24.5 Å². The average Bonchev–Trinajstić information content (AvgIpc) is 2.84. The number of benzene rings is 2. The molecule has 33 heavy (non-hydrogen) atoms. The lowest BCUT2D eigenvalue weighted by atomic mass is 9.99. The standard InChI is InChI=1S/C23H22O10/c24-9-18-20(26)21(27)22(28)23(33-18)32-12-2-3-13-16(8-12)31-10-14(19(13)25)11-1-4-15-17(7-11)30-6-5-29-15/h1-4,7-8,10,18,20-24,26-28H,5-6,9H2/t18-,20+,21+,22+,23-/m0/s1. The zero-order chi connectivity index (χ0) is 23.1. The van der Waals surface area contributed by atoms with E-state index in [0.29, 0.717) is 41.2 Å². The minimum absolute atomic E-state index is 0.196. The number of aliphatic hydroxyl groups excluding tert-OH is 4. The quantitative estimate of drug-likeness (QED) is 0.433. The maximum absolute atomic E-state index is 13.1. The van der Waals surface area contributed by atoms with E-state index in [1.54, 1.807) is 18.2 Å². The van der Waals surface area contributed by atoms with Gasteiger partial charge >= 0.3 is 0 Å². The molecule has 174 valence electrons. The Morgan fingerprint density at radius 1 is 0.939 bits per heavy atom. The van der Waals surface area contributed by atoms with E-state index in [0.717, 1.165) is 0 Å². The van der Waals surface area contributed by atoms with E-state index in [2.05, 4.69) is 0 Å². The third-order valence-electron chi connectivity index (χ3n) is 5.70. The average molecular weight is 458 g/mol. The predicted molar refractivity (Wildman–Crippen MR) is 113 cm³/mol. The fourth-order valence-corrected chi connectivity index (χ4v) is 3.89. The van der Waals surface area contributed by atoms with E-state index in [1.807, 2.05) is 0 Å². The molecule has 10 nitrogen and oxygen atoms in total. The third kappa shape index (κ3) is 3.92. The molecule has 1 fully saturated rings. The predicted octanol–water partition coefficient (Wildman–Crippen LogP) is 0.410. The lowest BCUT2D eigenvalue weighted by Gasteiger charge is -2.39. The monoisotopic (exact) mass is 458 g/mol. The molecule has 0 radical (unpaired) electrons. The molecular weight excluding hydrogens is 436 g/mol. The SMILES string of the molecule is O=c1c(-c2ccc3c(c2)OCCO3)coc2cc(O[C@H]3O[C@@H](CO)[C@@H](O)[C@@H](O)[C@H]3O)ccc12. The summed E-state index contributed by atoms with van der Waals surface area (Å²) in [7, 11) is 0. The lowest BCUT2D eigenvalue weighted by molar-refractivity contribution is -0.277. The first-order chi connectivity index (χ1) is 16.0. The zero-order valence-corrected chi connectivity index (χ0v) is 17.3. The van der Waals surface area contributed by atoms with Gasteiger partial charge in [0.25, 0.3) is 0 Å². The molecule has 1 aromatic heterocycles. The van der Waals surface area contributed by atoms with Crippen LogP contribution in [0.2, 0.25) is 0 Å². The number of ether oxygens (including phenoxy) is 4. The van der Waals surface area contributed by atoms with Crippen LogP contribution in [-0.4, -0.2) is 71.0 Å². The van der Waals surface area contributed by atoms with Crippen molar-refractivity contribution in [1.82, 2.24) is 0 Å². The molecule has 10 heteroatoms. The highest BCUT2D eigenvalue weighted by Crippen LogP contribution is 2.34. The Bertz CT molecular complexity index is 1220. The number of aliphatic hydroxyl groups is 4. The summed E-state index contributed by atoms with van der Waals surface area (Å²) in [6, 6.07) is 9.68. The van der Waals surface area contributed by atoms with Crippen molar-refractivity contribution in [3.8, 4) is 28.4 Å². The van der Waals surface area contributed by atoms with Gasteiger partial charge in [0.1, 0.15) is 55.2 Å². The summed E-state index contributed by atoms with van der Waals surface area (Å²) in [5.41, 5.74) is 0.953. The Morgan fingerprint density at radius 3 is 2.52 bits per heavy atom. The van der Waals surface area contributed by atoms with Gasteiger partial charge in [-0.05, 0) is 29.8 Å². The summed E-state index contributed by atoms with van der Waals surface area (Å²) in [5.74, 6) is 1.37. The van der Waals surface area contributed by atoms with Gasteiger partial charge in [-0.1, -0.05) is 6.07 Å². The number of rotatable bonds is 4. The maximum atomic E-state index is 13.1. The van der Waals surface area contributed by atoms with Crippen LogP contribution in [0.3, 0.4) is 0 Å². The van der Waals surface area contributed by atoms with Crippen LogP contribution in [0.1, 0.15) is 0 Å². The summed E-state index contributed by atoms with van der Waals surface area (Å²) in [5, 5.41) is 39.6. The molecule has 2 aliphatic heterocycles. The molecular formula is C23H22O10.